The van der Waals surface area contributed by atoms with E-state index in [1.165, 1.54) is 5.56 Å². The topological polar surface area (TPSA) is 76.7 Å². The van der Waals surface area contributed by atoms with Crippen LogP contribution >= 0.6 is 11.8 Å². The van der Waals surface area contributed by atoms with Gasteiger partial charge in [-0.05, 0) is 42.5 Å². The summed E-state index contributed by atoms with van der Waals surface area (Å²) in [5.74, 6) is 0.0995. The van der Waals surface area contributed by atoms with Crippen LogP contribution in [-0.2, 0) is 16.1 Å². The van der Waals surface area contributed by atoms with Crippen molar-refractivity contribution < 1.29 is 9.63 Å². The Morgan fingerprint density at radius 3 is 2.54 bits per heavy atom. The molecule has 0 fully saturated rings. The minimum Gasteiger partial charge on any atom is -0.384 e. The molecule has 6 heteroatoms. The molecule has 0 aliphatic heterocycles. The lowest BCUT2D eigenvalue weighted by Crippen LogP contribution is -2.19. The van der Waals surface area contributed by atoms with Gasteiger partial charge in [0.25, 0.3) is 5.91 Å². The second kappa shape index (κ2) is 9.62. The van der Waals surface area contributed by atoms with Crippen molar-refractivity contribution in [2.75, 3.05) is 18.2 Å². The summed E-state index contributed by atoms with van der Waals surface area (Å²) >= 11 is 1.65. The van der Waals surface area contributed by atoms with E-state index in [1.807, 2.05) is 60.9 Å². The highest BCUT2D eigenvalue weighted by Crippen LogP contribution is 2.17. The van der Waals surface area contributed by atoms with Gasteiger partial charge in [-0.15, -0.1) is 11.8 Å². The Morgan fingerprint density at radius 2 is 1.88 bits per heavy atom. The molecule has 126 valence electrons. The maximum absolute atomic E-state index is 11.8. The minimum absolute atomic E-state index is 0.170. The number of oxime groups is 1. The normalized spacial score (nSPS) is 11.1. The molecule has 0 saturated carbocycles. The van der Waals surface area contributed by atoms with E-state index >= 15 is 0 Å². The van der Waals surface area contributed by atoms with Crippen molar-refractivity contribution in [2.45, 2.75) is 17.7 Å². The fourth-order valence-electron chi connectivity index (χ4n) is 2.01. The Kier molecular flexibility index (Phi) is 7.17. The van der Waals surface area contributed by atoms with Gasteiger partial charge in [0.15, 0.2) is 6.61 Å². The highest BCUT2D eigenvalue weighted by molar-refractivity contribution is 7.98. The molecule has 2 aromatic rings. The number of nitrogens with two attached hydrogens (primary N) is 1. The van der Waals surface area contributed by atoms with Gasteiger partial charge >= 0.3 is 0 Å². The fourth-order valence-corrected chi connectivity index (χ4v) is 2.42. The number of thioether (sulfide) groups is 1. The van der Waals surface area contributed by atoms with E-state index in [0.717, 1.165) is 17.0 Å². The summed E-state index contributed by atoms with van der Waals surface area (Å²) in [4.78, 5) is 17.9. The lowest BCUT2D eigenvalue weighted by atomic mass is 10.1. The van der Waals surface area contributed by atoms with E-state index in [0.29, 0.717) is 12.3 Å². The molecular formula is C18H21N3O2S. The van der Waals surface area contributed by atoms with Crippen molar-refractivity contribution in [1.82, 2.24) is 0 Å². The van der Waals surface area contributed by atoms with Gasteiger partial charge in [0.2, 0.25) is 0 Å². The Bertz CT molecular complexity index is 672. The SMILES string of the molecule is CSc1ccc(NC(=O)CO/N=C(\N)CCc2ccccc2)cc1. The zero-order chi connectivity index (χ0) is 17.2. The molecule has 0 saturated heterocycles. The molecule has 24 heavy (non-hydrogen) atoms. The monoisotopic (exact) mass is 343 g/mol. The average Bonchev–Trinajstić information content (AvgIpc) is 2.61. The van der Waals surface area contributed by atoms with Crippen LogP contribution in [0.3, 0.4) is 0 Å². The van der Waals surface area contributed by atoms with E-state index in [1.54, 1.807) is 11.8 Å². The molecule has 0 bridgehead atoms. The summed E-state index contributed by atoms with van der Waals surface area (Å²) < 4.78 is 0. The van der Waals surface area contributed by atoms with E-state index in [2.05, 4.69) is 10.5 Å². The zero-order valence-corrected chi connectivity index (χ0v) is 14.4. The van der Waals surface area contributed by atoms with Crippen molar-refractivity contribution in [3.63, 3.8) is 0 Å². The number of rotatable bonds is 8. The van der Waals surface area contributed by atoms with Crippen molar-refractivity contribution in [3.05, 3.63) is 60.2 Å². The van der Waals surface area contributed by atoms with E-state index in [4.69, 9.17) is 10.6 Å². The quantitative estimate of drug-likeness (QED) is 0.334. The number of hydrogen-bond acceptors (Lipinski definition) is 4. The van der Waals surface area contributed by atoms with Crippen molar-refractivity contribution >= 4 is 29.2 Å². The summed E-state index contributed by atoms with van der Waals surface area (Å²) in [6, 6.07) is 17.6. The molecule has 5 nitrogen and oxygen atoms in total. The Balaban J connectivity index is 1.70. The lowest BCUT2D eigenvalue weighted by Gasteiger charge is -2.06. The molecule has 0 aliphatic rings. The number of aryl methyl sites for hydroxylation is 1. The van der Waals surface area contributed by atoms with Gasteiger partial charge in [0.05, 0.1) is 0 Å². The van der Waals surface area contributed by atoms with Crippen LogP contribution in [0.25, 0.3) is 0 Å². The minimum atomic E-state index is -0.272. The van der Waals surface area contributed by atoms with Crippen LogP contribution in [0, 0.1) is 0 Å². The maximum atomic E-state index is 11.8. The second-order valence-corrected chi connectivity index (χ2v) is 6.00. The number of benzene rings is 2. The van der Waals surface area contributed by atoms with Crippen molar-refractivity contribution in [3.8, 4) is 0 Å². The van der Waals surface area contributed by atoms with Crippen LogP contribution in [0.15, 0.2) is 64.6 Å². The molecule has 0 heterocycles. The van der Waals surface area contributed by atoms with Gasteiger partial charge in [0, 0.05) is 17.0 Å². The van der Waals surface area contributed by atoms with Crippen LogP contribution in [0.5, 0.6) is 0 Å². The maximum Gasteiger partial charge on any atom is 0.265 e. The number of carbonyl (C=O) groups is 1. The third-order valence-corrected chi connectivity index (χ3v) is 4.01. The number of hydrogen-bond donors (Lipinski definition) is 2. The van der Waals surface area contributed by atoms with Crippen LogP contribution < -0.4 is 11.1 Å². The predicted molar refractivity (Wildman–Crippen MR) is 99.2 cm³/mol. The number of nitrogens with zero attached hydrogens (tertiary/aromatic N) is 1. The smallest absolute Gasteiger partial charge is 0.265 e. The summed E-state index contributed by atoms with van der Waals surface area (Å²) in [6.07, 6.45) is 3.37. The first kappa shape index (κ1) is 17.9. The Morgan fingerprint density at radius 1 is 1.17 bits per heavy atom. The first-order valence-electron chi connectivity index (χ1n) is 7.59. The lowest BCUT2D eigenvalue weighted by molar-refractivity contribution is -0.120. The largest absolute Gasteiger partial charge is 0.384 e. The van der Waals surface area contributed by atoms with E-state index < -0.39 is 0 Å². The molecule has 0 aromatic heterocycles. The molecule has 2 rings (SSSR count). The molecule has 2 aromatic carbocycles. The summed E-state index contributed by atoms with van der Waals surface area (Å²) in [7, 11) is 0. The highest BCUT2D eigenvalue weighted by Gasteiger charge is 2.03. The van der Waals surface area contributed by atoms with Crippen LogP contribution in [0.2, 0.25) is 0 Å². The van der Waals surface area contributed by atoms with Gasteiger partial charge in [-0.1, -0.05) is 35.5 Å². The van der Waals surface area contributed by atoms with E-state index in [-0.39, 0.29) is 12.5 Å². The standard InChI is InChI=1S/C18H21N3O2S/c1-24-16-10-8-15(9-11-16)20-18(22)13-23-21-17(19)12-7-14-5-3-2-4-6-14/h2-6,8-11H,7,12-13H2,1H3,(H2,19,21)(H,20,22). The first-order chi connectivity index (χ1) is 11.7. The average molecular weight is 343 g/mol. The molecule has 0 unspecified atom stereocenters. The van der Waals surface area contributed by atoms with Crippen LogP contribution in [-0.4, -0.2) is 24.6 Å². The van der Waals surface area contributed by atoms with Gasteiger partial charge in [-0.3, -0.25) is 4.79 Å². The second-order valence-electron chi connectivity index (χ2n) is 5.12. The predicted octanol–water partition coefficient (Wildman–Crippen LogP) is 3.27. The molecule has 3 N–H and O–H groups in total. The molecule has 0 aliphatic carbocycles. The zero-order valence-electron chi connectivity index (χ0n) is 13.6. The molecule has 0 spiro atoms. The highest BCUT2D eigenvalue weighted by atomic mass is 32.2. The summed E-state index contributed by atoms with van der Waals surface area (Å²) in [6.45, 7) is -0.170. The molecule has 0 radical (unpaired) electrons. The molecule has 1 amide bonds. The Hall–Kier alpha value is -2.47. The number of amides is 1. The summed E-state index contributed by atoms with van der Waals surface area (Å²) in [5.41, 5.74) is 7.69. The first-order valence-corrected chi connectivity index (χ1v) is 8.82. The van der Waals surface area contributed by atoms with Crippen LogP contribution in [0.4, 0.5) is 5.69 Å². The number of anilines is 1. The van der Waals surface area contributed by atoms with Crippen LogP contribution in [0.1, 0.15) is 12.0 Å². The third kappa shape index (κ3) is 6.34. The third-order valence-electron chi connectivity index (χ3n) is 3.26. The Labute approximate surface area is 146 Å². The van der Waals surface area contributed by atoms with E-state index in [9.17, 15) is 4.79 Å². The summed E-state index contributed by atoms with van der Waals surface area (Å²) in [5, 5.41) is 6.52. The van der Waals surface area contributed by atoms with Gasteiger partial charge in [0.1, 0.15) is 5.84 Å². The van der Waals surface area contributed by atoms with Gasteiger partial charge in [-0.2, -0.15) is 0 Å². The van der Waals surface area contributed by atoms with Gasteiger partial charge < -0.3 is 15.9 Å². The van der Waals surface area contributed by atoms with Crippen molar-refractivity contribution in [1.29, 1.82) is 0 Å². The number of amidine groups is 1. The van der Waals surface area contributed by atoms with Gasteiger partial charge in [-0.25, -0.2) is 0 Å². The molecule has 0 atom stereocenters. The number of carbonyl (C=O) groups excluding carboxylic acids is 1. The van der Waals surface area contributed by atoms with Crippen molar-refractivity contribution in [2.24, 2.45) is 10.9 Å². The number of nitrogens with one attached hydrogen (secondary N) is 1. The fraction of sp³-hybridized carbons (Fsp3) is 0.222. The molecular weight excluding hydrogens is 322 g/mol.